The van der Waals surface area contributed by atoms with Crippen molar-refractivity contribution in [1.29, 1.82) is 0 Å². The molecule has 0 saturated carbocycles. The van der Waals surface area contributed by atoms with Gasteiger partial charge in [0.05, 0.1) is 13.7 Å². The second-order valence-corrected chi connectivity index (χ2v) is 5.38. The van der Waals surface area contributed by atoms with Gasteiger partial charge in [-0.1, -0.05) is 64.0 Å². The van der Waals surface area contributed by atoms with Crippen molar-refractivity contribution in [2.75, 3.05) is 13.7 Å². The molecule has 0 aliphatic heterocycles. The number of methoxy groups -OCH3 is 1. The van der Waals surface area contributed by atoms with Crippen LogP contribution in [0.15, 0.2) is 24.3 Å². The Labute approximate surface area is 124 Å². The zero-order valence-electron chi connectivity index (χ0n) is 13.2. The van der Waals surface area contributed by atoms with Crippen LogP contribution in [0.4, 0.5) is 0 Å². The molecule has 0 spiro atoms. The number of benzene rings is 1. The van der Waals surface area contributed by atoms with Crippen LogP contribution in [-0.2, 0) is 11.3 Å². The van der Waals surface area contributed by atoms with E-state index < -0.39 is 0 Å². The highest BCUT2D eigenvalue weighted by Gasteiger charge is 1.96. The maximum absolute atomic E-state index is 5.70. The van der Waals surface area contributed by atoms with Crippen LogP contribution in [0, 0.1) is 0 Å². The lowest BCUT2D eigenvalue weighted by Crippen LogP contribution is -1.96. The van der Waals surface area contributed by atoms with E-state index in [0.717, 1.165) is 12.4 Å². The fraction of sp³-hybridized carbons (Fsp3) is 0.667. The topological polar surface area (TPSA) is 18.5 Å². The molecule has 0 N–H and O–H groups in total. The van der Waals surface area contributed by atoms with Gasteiger partial charge in [0.15, 0.2) is 0 Å². The van der Waals surface area contributed by atoms with Crippen LogP contribution >= 0.6 is 0 Å². The van der Waals surface area contributed by atoms with E-state index in [0.29, 0.717) is 6.61 Å². The van der Waals surface area contributed by atoms with Crippen molar-refractivity contribution in [2.45, 2.75) is 64.9 Å². The van der Waals surface area contributed by atoms with Gasteiger partial charge in [-0.2, -0.15) is 0 Å². The molecule has 0 fully saturated rings. The molecule has 114 valence electrons. The van der Waals surface area contributed by atoms with Crippen LogP contribution in [0.1, 0.15) is 63.9 Å². The smallest absolute Gasteiger partial charge is 0.118 e. The second kappa shape index (κ2) is 11.8. The summed E-state index contributed by atoms with van der Waals surface area (Å²) in [4.78, 5) is 0. The Morgan fingerprint density at radius 2 is 1.40 bits per heavy atom. The predicted octanol–water partition coefficient (Wildman–Crippen LogP) is 5.35. The Morgan fingerprint density at radius 3 is 2.00 bits per heavy atom. The highest BCUT2D eigenvalue weighted by atomic mass is 16.5. The first-order valence-corrected chi connectivity index (χ1v) is 8.07. The average molecular weight is 278 g/mol. The number of hydrogen-bond donors (Lipinski definition) is 0. The Kier molecular flexibility index (Phi) is 10.0. The zero-order valence-corrected chi connectivity index (χ0v) is 13.2. The third-order valence-electron chi connectivity index (χ3n) is 3.57. The van der Waals surface area contributed by atoms with E-state index in [1.54, 1.807) is 7.11 Å². The summed E-state index contributed by atoms with van der Waals surface area (Å²) in [6, 6.07) is 8.09. The van der Waals surface area contributed by atoms with E-state index in [4.69, 9.17) is 9.47 Å². The van der Waals surface area contributed by atoms with Crippen molar-refractivity contribution in [1.82, 2.24) is 0 Å². The summed E-state index contributed by atoms with van der Waals surface area (Å²) in [5, 5.41) is 0. The summed E-state index contributed by atoms with van der Waals surface area (Å²) in [5.41, 5.74) is 1.21. The summed E-state index contributed by atoms with van der Waals surface area (Å²) >= 11 is 0. The molecule has 2 nitrogen and oxygen atoms in total. The largest absolute Gasteiger partial charge is 0.497 e. The van der Waals surface area contributed by atoms with Gasteiger partial charge in [-0.15, -0.1) is 0 Å². The van der Waals surface area contributed by atoms with Crippen LogP contribution in [0.3, 0.4) is 0 Å². The SMILES string of the molecule is CCCCCCCCCCOCc1ccc(OC)cc1. The zero-order chi connectivity index (χ0) is 14.5. The Bertz CT molecular complexity index is 319. The number of ether oxygens (including phenoxy) is 2. The quantitative estimate of drug-likeness (QED) is 0.480. The number of unbranched alkanes of at least 4 members (excludes halogenated alkanes) is 7. The predicted molar refractivity (Wildman–Crippen MR) is 85.3 cm³/mol. The van der Waals surface area contributed by atoms with Crippen molar-refractivity contribution >= 4 is 0 Å². The van der Waals surface area contributed by atoms with Crippen LogP contribution in [0.25, 0.3) is 0 Å². The van der Waals surface area contributed by atoms with Crippen LogP contribution < -0.4 is 4.74 Å². The summed E-state index contributed by atoms with van der Waals surface area (Å²) < 4.78 is 10.8. The van der Waals surface area contributed by atoms with Gasteiger partial charge in [0, 0.05) is 6.61 Å². The van der Waals surface area contributed by atoms with Gasteiger partial charge in [0.1, 0.15) is 5.75 Å². The Hall–Kier alpha value is -1.02. The normalized spacial score (nSPS) is 10.7. The van der Waals surface area contributed by atoms with E-state index in [1.807, 2.05) is 12.1 Å². The summed E-state index contributed by atoms with van der Waals surface area (Å²) in [6.07, 6.45) is 10.8. The molecule has 0 aliphatic carbocycles. The summed E-state index contributed by atoms with van der Waals surface area (Å²) in [7, 11) is 1.69. The van der Waals surface area contributed by atoms with Gasteiger partial charge < -0.3 is 9.47 Å². The van der Waals surface area contributed by atoms with Crippen LogP contribution in [0.2, 0.25) is 0 Å². The third kappa shape index (κ3) is 8.21. The van der Waals surface area contributed by atoms with Crippen molar-refractivity contribution in [3.8, 4) is 5.75 Å². The van der Waals surface area contributed by atoms with Crippen LogP contribution in [0.5, 0.6) is 5.75 Å². The first-order valence-electron chi connectivity index (χ1n) is 8.07. The number of hydrogen-bond acceptors (Lipinski definition) is 2. The second-order valence-electron chi connectivity index (χ2n) is 5.38. The molecule has 0 amide bonds. The van der Waals surface area contributed by atoms with Crippen molar-refractivity contribution in [3.05, 3.63) is 29.8 Å². The first-order chi connectivity index (χ1) is 9.86. The lowest BCUT2D eigenvalue weighted by Gasteiger charge is -2.06. The molecule has 0 aliphatic rings. The molecule has 0 saturated heterocycles. The van der Waals surface area contributed by atoms with E-state index in [-0.39, 0.29) is 0 Å². The monoisotopic (exact) mass is 278 g/mol. The van der Waals surface area contributed by atoms with E-state index in [9.17, 15) is 0 Å². The minimum Gasteiger partial charge on any atom is -0.497 e. The minimum atomic E-state index is 0.709. The van der Waals surface area contributed by atoms with Crippen molar-refractivity contribution in [2.24, 2.45) is 0 Å². The molecule has 20 heavy (non-hydrogen) atoms. The van der Waals surface area contributed by atoms with E-state index in [2.05, 4.69) is 19.1 Å². The number of rotatable bonds is 12. The van der Waals surface area contributed by atoms with Crippen molar-refractivity contribution in [3.63, 3.8) is 0 Å². The average Bonchev–Trinajstić information content (AvgIpc) is 2.50. The summed E-state index contributed by atoms with van der Waals surface area (Å²) in [6.45, 7) is 3.85. The lowest BCUT2D eigenvalue weighted by atomic mass is 10.1. The fourth-order valence-electron chi connectivity index (χ4n) is 2.25. The molecule has 1 aromatic carbocycles. The molecular formula is C18H30O2. The van der Waals surface area contributed by atoms with Gasteiger partial charge in [-0.3, -0.25) is 0 Å². The highest BCUT2D eigenvalue weighted by molar-refractivity contribution is 5.26. The fourth-order valence-corrected chi connectivity index (χ4v) is 2.25. The third-order valence-corrected chi connectivity index (χ3v) is 3.57. The maximum Gasteiger partial charge on any atom is 0.118 e. The molecule has 2 heteroatoms. The molecule has 0 atom stereocenters. The molecule has 0 unspecified atom stereocenters. The van der Waals surface area contributed by atoms with Crippen molar-refractivity contribution < 1.29 is 9.47 Å². The van der Waals surface area contributed by atoms with Crippen LogP contribution in [-0.4, -0.2) is 13.7 Å². The molecule has 0 aromatic heterocycles. The van der Waals surface area contributed by atoms with E-state index in [1.165, 1.54) is 56.9 Å². The van der Waals surface area contributed by atoms with Gasteiger partial charge in [-0.05, 0) is 24.1 Å². The Morgan fingerprint density at radius 1 is 0.800 bits per heavy atom. The minimum absolute atomic E-state index is 0.709. The Balaban J connectivity index is 1.91. The molecule has 0 radical (unpaired) electrons. The molecule has 0 bridgehead atoms. The molecule has 1 aromatic rings. The van der Waals surface area contributed by atoms with Gasteiger partial charge >= 0.3 is 0 Å². The van der Waals surface area contributed by atoms with Gasteiger partial charge in [-0.25, -0.2) is 0 Å². The molecule has 1 rings (SSSR count). The lowest BCUT2D eigenvalue weighted by molar-refractivity contribution is 0.116. The summed E-state index contributed by atoms with van der Waals surface area (Å²) in [5.74, 6) is 0.900. The van der Waals surface area contributed by atoms with Gasteiger partial charge in [0.2, 0.25) is 0 Å². The van der Waals surface area contributed by atoms with Gasteiger partial charge in [0.25, 0.3) is 0 Å². The maximum atomic E-state index is 5.70. The standard InChI is InChI=1S/C18H30O2/c1-3-4-5-6-7-8-9-10-15-20-16-17-11-13-18(19-2)14-12-17/h11-14H,3-10,15-16H2,1-2H3. The first kappa shape index (κ1) is 17.0. The van der Waals surface area contributed by atoms with E-state index >= 15 is 0 Å². The molecular weight excluding hydrogens is 248 g/mol. The highest BCUT2D eigenvalue weighted by Crippen LogP contribution is 2.12. The molecule has 0 heterocycles.